The van der Waals surface area contributed by atoms with Gasteiger partial charge in [-0.05, 0) is 48.2 Å². The summed E-state index contributed by atoms with van der Waals surface area (Å²) in [7, 11) is 0. The normalized spacial score (nSPS) is 14.0. The Bertz CT molecular complexity index is 1130. The maximum Gasteiger partial charge on any atom is 0.153 e. The average Bonchev–Trinajstić information content (AvgIpc) is 3.17. The summed E-state index contributed by atoms with van der Waals surface area (Å²) in [6, 6.07) is 8.23. The predicted molar refractivity (Wildman–Crippen MR) is 95.2 cm³/mol. The molecule has 0 spiro atoms. The summed E-state index contributed by atoms with van der Waals surface area (Å²) in [4.78, 5) is 7.51. The Hall–Kier alpha value is -3.26. The Labute approximate surface area is 138 Å². The molecule has 5 nitrogen and oxygen atoms in total. The summed E-state index contributed by atoms with van der Waals surface area (Å²) in [6.45, 7) is 0. The number of aromatic nitrogens is 4. The molecule has 0 atom stereocenters. The number of nitrogens with one attached hydrogen (secondary N) is 2. The number of benzene rings is 1. The van der Waals surface area contributed by atoms with Crippen LogP contribution in [-0.2, 0) is 0 Å². The van der Waals surface area contributed by atoms with Crippen LogP contribution in [0.15, 0.2) is 36.7 Å². The van der Waals surface area contributed by atoms with Gasteiger partial charge in [0.2, 0.25) is 0 Å². The second kappa shape index (κ2) is 4.87. The van der Waals surface area contributed by atoms with Gasteiger partial charge in [0.1, 0.15) is 5.65 Å². The van der Waals surface area contributed by atoms with Gasteiger partial charge in [0.15, 0.2) is 5.82 Å². The van der Waals surface area contributed by atoms with E-state index in [9.17, 15) is 0 Å². The highest BCUT2D eigenvalue weighted by Crippen LogP contribution is 2.33. The topological polar surface area (TPSA) is 83.4 Å². The molecule has 24 heavy (non-hydrogen) atoms. The van der Waals surface area contributed by atoms with Crippen molar-refractivity contribution in [1.82, 2.24) is 20.2 Å². The zero-order valence-electron chi connectivity index (χ0n) is 12.9. The van der Waals surface area contributed by atoms with Crippen LogP contribution in [0.3, 0.4) is 0 Å². The van der Waals surface area contributed by atoms with E-state index in [0.29, 0.717) is 11.7 Å². The average molecular weight is 313 g/mol. The van der Waals surface area contributed by atoms with Gasteiger partial charge in [-0.25, -0.2) is 4.98 Å². The first-order chi connectivity index (χ1) is 11.8. The van der Waals surface area contributed by atoms with E-state index >= 15 is 0 Å². The van der Waals surface area contributed by atoms with E-state index in [2.05, 4.69) is 44.1 Å². The van der Waals surface area contributed by atoms with Crippen molar-refractivity contribution in [2.24, 2.45) is 5.92 Å². The number of fused-ring (bicyclic) bond motifs is 2. The molecule has 4 aromatic rings. The third-order valence-electron chi connectivity index (χ3n) is 4.46. The molecule has 5 rings (SSSR count). The van der Waals surface area contributed by atoms with Crippen molar-refractivity contribution in [3.63, 3.8) is 0 Å². The summed E-state index contributed by atoms with van der Waals surface area (Å²) in [5, 5.41) is 9.16. The molecule has 0 bridgehead atoms. The summed E-state index contributed by atoms with van der Waals surface area (Å²) < 4.78 is 0. The smallest absolute Gasteiger partial charge is 0.153 e. The molecule has 3 heterocycles. The van der Waals surface area contributed by atoms with Crippen molar-refractivity contribution >= 4 is 27.8 Å². The van der Waals surface area contributed by atoms with Gasteiger partial charge in [0, 0.05) is 29.1 Å². The number of nitrogen functional groups attached to an aromatic ring is 1. The standard InChI is InChI=1S/C19H15N5/c20-18-16-10-13(14-5-7-21-19-15(14)6-8-22-19)9-12(17(16)23-24-18)4-3-11-1-2-11/h5-11H,1-2H2,(H,21,22)(H3,20,23,24). The molecule has 1 aliphatic carbocycles. The van der Waals surface area contributed by atoms with Gasteiger partial charge in [-0.2, -0.15) is 5.10 Å². The number of nitrogens with two attached hydrogens (primary N) is 1. The number of anilines is 1. The van der Waals surface area contributed by atoms with Crippen molar-refractivity contribution in [3.05, 3.63) is 42.2 Å². The maximum absolute atomic E-state index is 6.04. The van der Waals surface area contributed by atoms with Gasteiger partial charge in [0.05, 0.1) is 11.1 Å². The van der Waals surface area contributed by atoms with Gasteiger partial charge in [-0.15, -0.1) is 0 Å². The number of rotatable bonds is 1. The van der Waals surface area contributed by atoms with Crippen molar-refractivity contribution in [3.8, 4) is 23.0 Å². The molecule has 0 amide bonds. The lowest BCUT2D eigenvalue weighted by molar-refractivity contribution is 1.12. The fraction of sp³-hybridized carbons (Fsp3) is 0.158. The Morgan fingerprint density at radius 3 is 2.96 bits per heavy atom. The first-order valence-corrected chi connectivity index (χ1v) is 8.01. The van der Waals surface area contributed by atoms with Gasteiger partial charge in [0.25, 0.3) is 0 Å². The molecule has 0 unspecified atom stereocenters. The Kier molecular flexibility index (Phi) is 2.68. The monoisotopic (exact) mass is 313 g/mol. The fourth-order valence-corrected chi connectivity index (χ4v) is 3.02. The van der Waals surface area contributed by atoms with Crippen molar-refractivity contribution in [2.75, 3.05) is 5.73 Å². The number of pyridine rings is 1. The summed E-state index contributed by atoms with van der Waals surface area (Å²) in [6.07, 6.45) is 6.12. The molecule has 116 valence electrons. The molecule has 0 saturated heterocycles. The Morgan fingerprint density at radius 2 is 2.08 bits per heavy atom. The zero-order chi connectivity index (χ0) is 16.1. The lowest BCUT2D eigenvalue weighted by Crippen LogP contribution is -1.88. The highest BCUT2D eigenvalue weighted by atomic mass is 15.1. The van der Waals surface area contributed by atoms with Crippen LogP contribution in [0.5, 0.6) is 0 Å². The van der Waals surface area contributed by atoms with Crippen LogP contribution in [0.2, 0.25) is 0 Å². The molecular weight excluding hydrogens is 298 g/mol. The van der Waals surface area contributed by atoms with E-state index < -0.39 is 0 Å². The molecule has 4 N–H and O–H groups in total. The quantitative estimate of drug-likeness (QED) is 0.471. The molecule has 1 aliphatic rings. The number of hydrogen-bond donors (Lipinski definition) is 3. The van der Waals surface area contributed by atoms with Gasteiger partial charge >= 0.3 is 0 Å². The summed E-state index contributed by atoms with van der Waals surface area (Å²) in [5.74, 6) is 7.69. The van der Waals surface area contributed by atoms with E-state index in [1.807, 2.05) is 24.5 Å². The maximum atomic E-state index is 6.04. The lowest BCUT2D eigenvalue weighted by Gasteiger charge is -2.06. The van der Waals surface area contributed by atoms with E-state index in [1.54, 1.807) is 0 Å². The largest absolute Gasteiger partial charge is 0.382 e. The number of nitrogens with zero attached hydrogens (tertiary/aromatic N) is 2. The van der Waals surface area contributed by atoms with Crippen LogP contribution in [0.4, 0.5) is 5.82 Å². The second-order valence-corrected chi connectivity index (χ2v) is 6.20. The van der Waals surface area contributed by atoms with E-state index in [4.69, 9.17) is 5.73 Å². The predicted octanol–water partition coefficient (Wildman–Crippen LogP) is 3.45. The van der Waals surface area contributed by atoms with E-state index in [0.717, 1.165) is 38.6 Å². The molecule has 1 aromatic carbocycles. The molecular formula is C19H15N5. The molecule has 0 aliphatic heterocycles. The first-order valence-electron chi connectivity index (χ1n) is 8.01. The van der Waals surface area contributed by atoms with Crippen molar-refractivity contribution in [2.45, 2.75) is 12.8 Å². The van der Waals surface area contributed by atoms with Crippen LogP contribution >= 0.6 is 0 Å². The van der Waals surface area contributed by atoms with Crippen LogP contribution in [0.1, 0.15) is 18.4 Å². The number of hydrogen-bond acceptors (Lipinski definition) is 3. The number of H-pyrrole nitrogens is 2. The minimum absolute atomic E-state index is 0.501. The number of aromatic amines is 2. The van der Waals surface area contributed by atoms with Crippen LogP contribution in [0, 0.1) is 17.8 Å². The van der Waals surface area contributed by atoms with Crippen LogP contribution < -0.4 is 5.73 Å². The lowest BCUT2D eigenvalue weighted by atomic mass is 9.99. The zero-order valence-corrected chi connectivity index (χ0v) is 12.9. The van der Waals surface area contributed by atoms with E-state index in [-0.39, 0.29) is 0 Å². The fourth-order valence-electron chi connectivity index (χ4n) is 3.02. The third-order valence-corrected chi connectivity index (χ3v) is 4.46. The van der Waals surface area contributed by atoms with Crippen molar-refractivity contribution in [1.29, 1.82) is 0 Å². The molecule has 1 saturated carbocycles. The SMILES string of the molecule is Nc1n[nH]c2c(C#CC3CC3)cc(-c3ccnc4[nH]ccc34)cc12. The summed E-state index contributed by atoms with van der Waals surface area (Å²) in [5.41, 5.74) is 10.9. The summed E-state index contributed by atoms with van der Waals surface area (Å²) >= 11 is 0. The second-order valence-electron chi connectivity index (χ2n) is 6.20. The third kappa shape index (κ3) is 2.04. The van der Waals surface area contributed by atoms with Crippen molar-refractivity contribution < 1.29 is 0 Å². The minimum Gasteiger partial charge on any atom is -0.382 e. The van der Waals surface area contributed by atoms with Gasteiger partial charge in [-0.3, -0.25) is 5.10 Å². The first kappa shape index (κ1) is 13.2. The Morgan fingerprint density at radius 1 is 1.17 bits per heavy atom. The molecule has 5 heteroatoms. The van der Waals surface area contributed by atoms with Gasteiger partial charge < -0.3 is 10.7 Å². The van der Waals surface area contributed by atoms with Crippen LogP contribution in [0.25, 0.3) is 33.1 Å². The molecule has 1 fully saturated rings. The highest BCUT2D eigenvalue weighted by molar-refractivity contribution is 6.00. The highest BCUT2D eigenvalue weighted by Gasteiger charge is 2.18. The van der Waals surface area contributed by atoms with E-state index in [1.165, 1.54) is 12.8 Å². The van der Waals surface area contributed by atoms with Gasteiger partial charge in [-0.1, -0.05) is 11.8 Å². The molecule has 0 radical (unpaired) electrons. The molecule has 3 aromatic heterocycles. The minimum atomic E-state index is 0.501. The Balaban J connectivity index is 1.78. The van der Waals surface area contributed by atoms with Crippen LogP contribution in [-0.4, -0.2) is 20.2 Å².